The first-order valence-corrected chi connectivity index (χ1v) is 6.68. The average molecular weight is 255 g/mol. The fraction of sp³-hybridized carbons (Fsp3) is 0.857. The number of carbonyl (C=O) groups is 2. The van der Waals surface area contributed by atoms with Gasteiger partial charge in [0, 0.05) is 11.8 Å². The predicted octanol–water partition coefficient (Wildman–Crippen LogP) is 1.88. The number of carbonyl (C=O) groups excluding carboxylic acids is 2. The molecule has 104 valence electrons. The summed E-state index contributed by atoms with van der Waals surface area (Å²) >= 11 is 0. The zero-order chi connectivity index (χ0) is 13.9. The molecule has 1 rings (SSSR count). The van der Waals surface area contributed by atoms with Gasteiger partial charge in [-0.3, -0.25) is 14.5 Å². The van der Waals surface area contributed by atoms with Gasteiger partial charge in [0.15, 0.2) is 0 Å². The van der Waals surface area contributed by atoms with Crippen molar-refractivity contribution in [1.29, 1.82) is 0 Å². The molecule has 0 spiro atoms. The van der Waals surface area contributed by atoms with Crippen molar-refractivity contribution in [2.24, 2.45) is 11.8 Å². The second-order valence-electron chi connectivity index (χ2n) is 5.87. The molecule has 0 aromatic heterocycles. The maximum absolute atomic E-state index is 11.9. The monoisotopic (exact) mass is 255 g/mol. The molecule has 4 heteroatoms. The van der Waals surface area contributed by atoms with Crippen LogP contribution in [-0.2, 0) is 14.3 Å². The molecule has 0 aromatic rings. The van der Waals surface area contributed by atoms with Crippen LogP contribution >= 0.6 is 0 Å². The molecule has 1 aliphatic heterocycles. The van der Waals surface area contributed by atoms with E-state index in [1.807, 2.05) is 27.7 Å². The topological polar surface area (TPSA) is 46.6 Å². The van der Waals surface area contributed by atoms with Crippen molar-refractivity contribution in [2.45, 2.75) is 46.1 Å². The van der Waals surface area contributed by atoms with Crippen LogP contribution in [0.5, 0.6) is 0 Å². The van der Waals surface area contributed by atoms with Crippen molar-refractivity contribution < 1.29 is 14.3 Å². The van der Waals surface area contributed by atoms with Gasteiger partial charge in [-0.05, 0) is 39.8 Å². The molecule has 1 fully saturated rings. The van der Waals surface area contributed by atoms with Crippen molar-refractivity contribution in [3.8, 4) is 0 Å². The van der Waals surface area contributed by atoms with Gasteiger partial charge >= 0.3 is 5.97 Å². The second kappa shape index (κ2) is 5.83. The highest BCUT2D eigenvalue weighted by atomic mass is 16.5. The van der Waals surface area contributed by atoms with E-state index in [9.17, 15) is 9.59 Å². The number of ketones is 1. The van der Waals surface area contributed by atoms with Crippen LogP contribution in [0.3, 0.4) is 0 Å². The number of piperidine rings is 1. The minimum absolute atomic E-state index is 0.107. The number of rotatable bonds is 4. The number of ether oxygens (including phenoxy) is 1. The zero-order valence-electron chi connectivity index (χ0n) is 12.2. The number of likely N-dealkylation sites (tertiary alicyclic amines) is 1. The lowest BCUT2D eigenvalue weighted by Gasteiger charge is -2.40. The van der Waals surface area contributed by atoms with Crippen LogP contribution in [0.1, 0.15) is 40.5 Å². The second-order valence-corrected chi connectivity index (χ2v) is 5.87. The van der Waals surface area contributed by atoms with Gasteiger partial charge in [0.2, 0.25) is 0 Å². The lowest BCUT2D eigenvalue weighted by molar-refractivity contribution is -0.154. The van der Waals surface area contributed by atoms with E-state index in [4.69, 9.17) is 4.74 Å². The molecule has 1 heterocycles. The summed E-state index contributed by atoms with van der Waals surface area (Å²) in [6.45, 7) is 9.23. The van der Waals surface area contributed by atoms with Gasteiger partial charge in [-0.1, -0.05) is 13.8 Å². The van der Waals surface area contributed by atoms with E-state index in [0.717, 1.165) is 25.9 Å². The third kappa shape index (κ3) is 3.10. The number of hydrogen-bond acceptors (Lipinski definition) is 4. The molecule has 0 aromatic carbocycles. The van der Waals surface area contributed by atoms with E-state index >= 15 is 0 Å². The molecule has 4 nitrogen and oxygen atoms in total. The standard InChI is InChI=1S/C14H25NO3/c1-10(2)12(16)11-6-8-15(9-7-11)14(3,4)13(17)18-5/h10-11H,6-9H2,1-5H3. The Bertz CT molecular complexity index is 315. The third-order valence-electron chi connectivity index (χ3n) is 3.94. The molecule has 0 bridgehead atoms. The van der Waals surface area contributed by atoms with Gasteiger partial charge in [-0.15, -0.1) is 0 Å². The number of nitrogens with zero attached hydrogens (tertiary/aromatic N) is 1. The fourth-order valence-electron chi connectivity index (χ4n) is 2.57. The highest BCUT2D eigenvalue weighted by molar-refractivity contribution is 5.83. The van der Waals surface area contributed by atoms with E-state index in [1.54, 1.807) is 0 Å². The first kappa shape index (κ1) is 15.2. The lowest BCUT2D eigenvalue weighted by atomic mass is 9.85. The maximum Gasteiger partial charge on any atom is 0.325 e. The van der Waals surface area contributed by atoms with Crippen molar-refractivity contribution in [1.82, 2.24) is 4.90 Å². The Morgan fingerprint density at radius 1 is 1.22 bits per heavy atom. The summed E-state index contributed by atoms with van der Waals surface area (Å²) in [6, 6.07) is 0. The number of methoxy groups -OCH3 is 1. The molecule has 1 aliphatic rings. The Kier molecular flexibility index (Phi) is 4.91. The van der Waals surface area contributed by atoms with Gasteiger partial charge in [0.1, 0.15) is 11.3 Å². The van der Waals surface area contributed by atoms with Gasteiger partial charge in [-0.2, -0.15) is 0 Å². The Morgan fingerprint density at radius 3 is 2.11 bits per heavy atom. The Balaban J connectivity index is 2.59. The lowest BCUT2D eigenvalue weighted by Crippen LogP contribution is -2.54. The van der Waals surface area contributed by atoms with E-state index in [0.29, 0.717) is 5.78 Å². The smallest absolute Gasteiger partial charge is 0.325 e. The zero-order valence-corrected chi connectivity index (χ0v) is 12.2. The van der Waals surface area contributed by atoms with Crippen molar-refractivity contribution >= 4 is 11.8 Å². The largest absolute Gasteiger partial charge is 0.468 e. The normalized spacial score (nSPS) is 19.0. The molecule has 1 saturated heterocycles. The average Bonchev–Trinajstić information content (AvgIpc) is 2.36. The summed E-state index contributed by atoms with van der Waals surface area (Å²) in [7, 11) is 1.42. The summed E-state index contributed by atoms with van der Waals surface area (Å²) in [5, 5.41) is 0. The molecule has 0 atom stereocenters. The molecule has 0 unspecified atom stereocenters. The van der Waals surface area contributed by atoms with Crippen LogP contribution in [0.15, 0.2) is 0 Å². The van der Waals surface area contributed by atoms with E-state index < -0.39 is 5.54 Å². The fourth-order valence-corrected chi connectivity index (χ4v) is 2.57. The van der Waals surface area contributed by atoms with Gasteiger partial charge in [-0.25, -0.2) is 0 Å². The van der Waals surface area contributed by atoms with Crippen LogP contribution in [0.4, 0.5) is 0 Å². The summed E-state index contributed by atoms with van der Waals surface area (Å²) in [6.07, 6.45) is 1.69. The Hall–Kier alpha value is -0.900. The van der Waals surface area contributed by atoms with E-state index in [1.165, 1.54) is 7.11 Å². The SMILES string of the molecule is COC(=O)C(C)(C)N1CCC(C(=O)C(C)C)CC1. The van der Waals surface area contributed by atoms with Gasteiger partial charge < -0.3 is 4.74 Å². The highest BCUT2D eigenvalue weighted by Gasteiger charge is 2.38. The van der Waals surface area contributed by atoms with Gasteiger partial charge in [0.05, 0.1) is 7.11 Å². The van der Waals surface area contributed by atoms with Crippen LogP contribution in [0.2, 0.25) is 0 Å². The molecular weight excluding hydrogens is 230 g/mol. The quantitative estimate of drug-likeness (QED) is 0.720. The summed E-state index contributed by atoms with van der Waals surface area (Å²) in [5.74, 6) is 0.409. The van der Waals surface area contributed by atoms with E-state index in [2.05, 4.69) is 4.90 Å². The minimum Gasteiger partial charge on any atom is -0.468 e. The molecular formula is C14H25NO3. The van der Waals surface area contributed by atoms with E-state index in [-0.39, 0.29) is 17.8 Å². The van der Waals surface area contributed by atoms with Crippen LogP contribution in [0, 0.1) is 11.8 Å². The molecule has 0 aliphatic carbocycles. The third-order valence-corrected chi connectivity index (χ3v) is 3.94. The van der Waals surface area contributed by atoms with Crippen LogP contribution < -0.4 is 0 Å². The van der Waals surface area contributed by atoms with Gasteiger partial charge in [0.25, 0.3) is 0 Å². The predicted molar refractivity (Wildman–Crippen MR) is 70.2 cm³/mol. The summed E-state index contributed by atoms with van der Waals surface area (Å²) in [4.78, 5) is 25.8. The van der Waals surface area contributed by atoms with Crippen molar-refractivity contribution in [2.75, 3.05) is 20.2 Å². The number of hydrogen-bond donors (Lipinski definition) is 0. The molecule has 0 radical (unpaired) electrons. The molecule has 0 N–H and O–H groups in total. The molecule has 18 heavy (non-hydrogen) atoms. The van der Waals surface area contributed by atoms with Crippen molar-refractivity contribution in [3.63, 3.8) is 0 Å². The van der Waals surface area contributed by atoms with Crippen LogP contribution in [0.25, 0.3) is 0 Å². The van der Waals surface area contributed by atoms with Crippen LogP contribution in [-0.4, -0.2) is 42.4 Å². The summed E-state index contributed by atoms with van der Waals surface area (Å²) in [5.41, 5.74) is -0.597. The number of Topliss-reactive ketones (excluding diaryl/α,β-unsaturated/α-hetero) is 1. The first-order chi connectivity index (χ1) is 8.30. The molecule has 0 amide bonds. The Morgan fingerprint density at radius 2 is 1.72 bits per heavy atom. The summed E-state index contributed by atoms with van der Waals surface area (Å²) < 4.78 is 4.83. The first-order valence-electron chi connectivity index (χ1n) is 6.68. The number of esters is 1. The Labute approximate surface area is 110 Å². The highest BCUT2D eigenvalue weighted by Crippen LogP contribution is 2.27. The molecule has 0 saturated carbocycles. The maximum atomic E-state index is 11.9. The van der Waals surface area contributed by atoms with Crippen molar-refractivity contribution in [3.05, 3.63) is 0 Å². The minimum atomic E-state index is -0.597.